The third-order valence-corrected chi connectivity index (χ3v) is 6.66. The maximum absolute atomic E-state index is 13.3. The molecule has 0 bridgehead atoms. The number of aromatic nitrogens is 7. The van der Waals surface area contributed by atoms with Crippen molar-refractivity contribution >= 4 is 28.4 Å². The largest absolute Gasteiger partial charge is 0.372 e. The predicted octanol–water partition coefficient (Wildman–Crippen LogP) is 3.98. The summed E-state index contributed by atoms with van der Waals surface area (Å²) in [6.07, 6.45) is 8.44. The number of pyridine rings is 1. The molecule has 1 aliphatic heterocycles. The van der Waals surface area contributed by atoms with Crippen molar-refractivity contribution in [3.8, 4) is 17.2 Å². The highest BCUT2D eigenvalue weighted by molar-refractivity contribution is 5.77. The number of hydrogen-bond acceptors (Lipinski definition) is 9. The Bertz CT molecular complexity index is 1700. The van der Waals surface area contributed by atoms with Crippen LogP contribution in [0.3, 0.4) is 0 Å². The molecule has 11 heteroatoms. The van der Waals surface area contributed by atoms with Crippen LogP contribution in [0.2, 0.25) is 0 Å². The Morgan fingerprint density at radius 1 is 1.00 bits per heavy atom. The highest BCUT2D eigenvalue weighted by Crippen LogP contribution is 2.24. The van der Waals surface area contributed by atoms with Gasteiger partial charge in [0.25, 0.3) is 5.56 Å². The topological polar surface area (TPSA) is 116 Å². The van der Waals surface area contributed by atoms with E-state index in [1.165, 1.54) is 4.68 Å². The lowest BCUT2D eigenvalue weighted by Crippen LogP contribution is -2.45. The zero-order valence-corrected chi connectivity index (χ0v) is 22.3. The molecule has 5 heterocycles. The Balaban J connectivity index is 1.35. The molecule has 0 spiro atoms. The quantitative estimate of drug-likeness (QED) is 0.309. The van der Waals surface area contributed by atoms with Crippen LogP contribution in [0.4, 0.5) is 17.3 Å². The molecule has 6 rings (SSSR count). The second-order valence-corrected chi connectivity index (χ2v) is 9.72. The Morgan fingerprint density at radius 3 is 2.52 bits per heavy atom. The van der Waals surface area contributed by atoms with Gasteiger partial charge in [0.15, 0.2) is 11.5 Å². The minimum Gasteiger partial charge on any atom is -0.372 e. The number of anilines is 3. The van der Waals surface area contributed by atoms with Gasteiger partial charge in [-0.2, -0.15) is 4.98 Å². The average molecular weight is 536 g/mol. The molecule has 0 aliphatic carbocycles. The molecule has 202 valence electrons. The number of rotatable bonds is 7. The van der Waals surface area contributed by atoms with Crippen molar-refractivity contribution in [2.45, 2.75) is 32.6 Å². The second kappa shape index (κ2) is 10.7. The summed E-state index contributed by atoms with van der Waals surface area (Å²) in [5.41, 5.74) is 3.42. The van der Waals surface area contributed by atoms with Crippen LogP contribution in [-0.4, -0.2) is 59.6 Å². The highest BCUT2D eigenvalue weighted by Gasteiger charge is 2.22. The number of nitrogens with zero attached hydrogens (tertiary/aromatic N) is 8. The fourth-order valence-corrected chi connectivity index (χ4v) is 5.00. The Hall–Kier alpha value is -4.90. The van der Waals surface area contributed by atoms with Crippen LogP contribution in [-0.2, 0) is 11.3 Å². The van der Waals surface area contributed by atoms with Crippen molar-refractivity contribution in [2.75, 3.05) is 23.3 Å². The normalized spacial score (nSPS) is 17.2. The van der Waals surface area contributed by atoms with E-state index in [2.05, 4.69) is 57.7 Å². The van der Waals surface area contributed by atoms with Crippen molar-refractivity contribution in [2.24, 2.45) is 0 Å². The SMILES string of the molecule is C=CCn1c(=O)c2cnc(Nc3ccc(N4C[C@@H](C)O[C@H](C)C4)cc3)nc2n1-c1cccc(-c2cnccn2)n1. The van der Waals surface area contributed by atoms with Crippen LogP contribution in [0.25, 0.3) is 28.2 Å². The monoisotopic (exact) mass is 535 g/mol. The van der Waals surface area contributed by atoms with Crippen LogP contribution >= 0.6 is 0 Å². The van der Waals surface area contributed by atoms with Gasteiger partial charge in [-0.25, -0.2) is 19.3 Å². The van der Waals surface area contributed by atoms with Gasteiger partial charge >= 0.3 is 0 Å². The maximum Gasteiger partial charge on any atom is 0.278 e. The molecular formula is C29H29N9O2. The minimum absolute atomic E-state index is 0.184. The number of morpholine rings is 1. The van der Waals surface area contributed by atoms with Gasteiger partial charge in [0.1, 0.15) is 11.1 Å². The molecule has 1 N–H and O–H groups in total. The molecular weight excluding hydrogens is 506 g/mol. The van der Waals surface area contributed by atoms with E-state index < -0.39 is 0 Å². The lowest BCUT2D eigenvalue weighted by atomic mass is 10.2. The molecule has 1 aromatic carbocycles. The van der Waals surface area contributed by atoms with Gasteiger partial charge in [0.2, 0.25) is 5.95 Å². The summed E-state index contributed by atoms with van der Waals surface area (Å²) in [5, 5.41) is 3.65. The van der Waals surface area contributed by atoms with Crippen molar-refractivity contribution in [1.29, 1.82) is 0 Å². The van der Waals surface area contributed by atoms with Gasteiger partial charge in [-0.05, 0) is 50.2 Å². The Morgan fingerprint density at radius 2 is 1.80 bits per heavy atom. The third kappa shape index (κ3) is 4.94. The fraction of sp³-hybridized carbons (Fsp3) is 0.241. The van der Waals surface area contributed by atoms with Crippen LogP contribution in [0.1, 0.15) is 13.8 Å². The van der Waals surface area contributed by atoms with Gasteiger partial charge in [-0.3, -0.25) is 14.8 Å². The summed E-state index contributed by atoms with van der Waals surface area (Å²) < 4.78 is 9.09. The van der Waals surface area contributed by atoms with Gasteiger partial charge < -0.3 is 15.0 Å². The van der Waals surface area contributed by atoms with Crippen LogP contribution < -0.4 is 15.8 Å². The summed E-state index contributed by atoms with van der Waals surface area (Å²) in [4.78, 5) is 38.1. The summed E-state index contributed by atoms with van der Waals surface area (Å²) in [7, 11) is 0. The van der Waals surface area contributed by atoms with E-state index in [-0.39, 0.29) is 24.3 Å². The van der Waals surface area contributed by atoms with Gasteiger partial charge in [0, 0.05) is 43.1 Å². The first-order valence-electron chi connectivity index (χ1n) is 13.1. The summed E-state index contributed by atoms with van der Waals surface area (Å²) >= 11 is 0. The zero-order valence-electron chi connectivity index (χ0n) is 22.3. The number of hydrogen-bond donors (Lipinski definition) is 1. The number of allylic oxidation sites excluding steroid dienone is 1. The lowest BCUT2D eigenvalue weighted by Gasteiger charge is -2.36. The number of ether oxygens (including phenoxy) is 1. The average Bonchev–Trinajstić information content (AvgIpc) is 3.24. The molecule has 1 aliphatic rings. The number of benzene rings is 1. The van der Waals surface area contributed by atoms with Crippen LogP contribution in [0.5, 0.6) is 0 Å². The molecule has 0 amide bonds. The van der Waals surface area contributed by atoms with Crippen molar-refractivity contribution in [1.82, 2.24) is 34.3 Å². The second-order valence-electron chi connectivity index (χ2n) is 9.72. The standard InChI is InChI=1S/C29H29N9O2/c1-4-14-37-28(39)23-15-32-29(33-21-8-10-22(11-9-21)36-17-19(2)40-20(3)18-36)35-27(23)38(37)26-7-5-6-24(34-26)25-16-30-12-13-31-25/h4-13,15-16,19-20H,1,14,17-18H2,2-3H3,(H,32,33,35)/t19-,20-/m1/s1. The molecule has 0 saturated carbocycles. The van der Waals surface area contributed by atoms with Crippen LogP contribution in [0.15, 0.2) is 84.7 Å². The van der Waals surface area contributed by atoms with E-state index >= 15 is 0 Å². The highest BCUT2D eigenvalue weighted by atomic mass is 16.5. The molecule has 11 nitrogen and oxygen atoms in total. The van der Waals surface area contributed by atoms with E-state index in [0.29, 0.717) is 34.2 Å². The molecule has 5 aromatic rings. The molecule has 0 radical (unpaired) electrons. The third-order valence-electron chi connectivity index (χ3n) is 6.66. The smallest absolute Gasteiger partial charge is 0.278 e. The summed E-state index contributed by atoms with van der Waals surface area (Å²) in [6.45, 7) is 9.98. The van der Waals surface area contributed by atoms with Gasteiger partial charge in [-0.1, -0.05) is 12.1 Å². The predicted molar refractivity (Wildman–Crippen MR) is 154 cm³/mol. The molecule has 1 fully saturated rings. The van der Waals surface area contributed by atoms with Crippen molar-refractivity contribution in [3.05, 3.63) is 90.3 Å². The van der Waals surface area contributed by atoms with E-state index in [1.807, 2.05) is 30.3 Å². The zero-order chi connectivity index (χ0) is 27.6. The molecule has 40 heavy (non-hydrogen) atoms. The molecule has 0 unspecified atom stereocenters. The summed E-state index contributed by atoms with van der Waals surface area (Å²) in [6, 6.07) is 13.7. The molecule has 4 aromatic heterocycles. The Labute approximate surface area is 230 Å². The van der Waals surface area contributed by atoms with Crippen LogP contribution in [0, 0.1) is 0 Å². The minimum atomic E-state index is -0.230. The van der Waals surface area contributed by atoms with Crippen molar-refractivity contribution < 1.29 is 4.74 Å². The van der Waals surface area contributed by atoms with E-state index in [9.17, 15) is 4.79 Å². The maximum atomic E-state index is 13.3. The Kier molecular flexibility index (Phi) is 6.79. The molecule has 1 saturated heterocycles. The first-order chi connectivity index (χ1) is 19.5. The van der Waals surface area contributed by atoms with E-state index in [0.717, 1.165) is 24.5 Å². The van der Waals surface area contributed by atoms with E-state index in [1.54, 1.807) is 35.5 Å². The lowest BCUT2D eigenvalue weighted by molar-refractivity contribution is -0.00521. The first kappa shape index (κ1) is 25.4. The molecule has 2 atom stereocenters. The number of fused-ring (bicyclic) bond motifs is 1. The summed E-state index contributed by atoms with van der Waals surface area (Å²) in [5.74, 6) is 0.878. The number of nitrogens with one attached hydrogen (secondary N) is 1. The van der Waals surface area contributed by atoms with Gasteiger partial charge in [-0.15, -0.1) is 6.58 Å². The first-order valence-corrected chi connectivity index (χ1v) is 13.1. The van der Waals surface area contributed by atoms with Crippen molar-refractivity contribution in [3.63, 3.8) is 0 Å². The van der Waals surface area contributed by atoms with Gasteiger partial charge in [0.05, 0.1) is 30.6 Å². The fourth-order valence-electron chi connectivity index (χ4n) is 5.00. The van der Waals surface area contributed by atoms with E-state index in [4.69, 9.17) is 14.7 Å².